The number of sulfonamides is 1. The maximum absolute atomic E-state index is 14.2. The van der Waals surface area contributed by atoms with Gasteiger partial charge in [-0.25, -0.2) is 22.8 Å². The molecule has 3 aromatic heterocycles. The summed E-state index contributed by atoms with van der Waals surface area (Å²) >= 11 is 0. The third-order valence-electron chi connectivity index (χ3n) is 5.46. The molecule has 5 rings (SSSR count). The van der Waals surface area contributed by atoms with Crippen molar-refractivity contribution in [3.8, 4) is 28.8 Å². The summed E-state index contributed by atoms with van der Waals surface area (Å²) in [5.41, 5.74) is 2.03. The number of nitrogens with zero attached hydrogens (tertiary/aromatic N) is 7. The molecule has 0 aliphatic rings. The Bertz CT molecular complexity index is 1690. The molecule has 37 heavy (non-hydrogen) atoms. The van der Waals surface area contributed by atoms with Gasteiger partial charge in [0.25, 0.3) is 10.0 Å². The van der Waals surface area contributed by atoms with Crippen molar-refractivity contribution >= 4 is 15.7 Å². The van der Waals surface area contributed by atoms with Gasteiger partial charge in [0.1, 0.15) is 29.5 Å². The summed E-state index contributed by atoms with van der Waals surface area (Å²) in [5.74, 6) is 1.15. The zero-order valence-electron chi connectivity index (χ0n) is 19.8. The van der Waals surface area contributed by atoms with Crippen molar-refractivity contribution in [2.75, 3.05) is 4.72 Å². The van der Waals surface area contributed by atoms with Gasteiger partial charge in [-0.15, -0.1) is 10.2 Å². The number of halogens is 1. The van der Waals surface area contributed by atoms with Crippen molar-refractivity contribution in [3.63, 3.8) is 0 Å². The first-order chi connectivity index (χ1) is 17.7. The Morgan fingerprint density at radius 2 is 1.81 bits per heavy atom. The van der Waals surface area contributed by atoms with E-state index >= 15 is 0 Å². The maximum atomic E-state index is 14.2. The van der Waals surface area contributed by atoms with Crippen LogP contribution < -0.4 is 9.46 Å². The SMILES string of the molecule is Cc1nc(Oc2ccc(NS(=O)(=O)c3ccc(F)c(-c4nn[nH]n4)c3)cc2)cc(-n2cnc(C)c2C)n1. The Balaban J connectivity index is 1.34. The number of anilines is 1. The van der Waals surface area contributed by atoms with Crippen LogP contribution in [0.15, 0.2) is 59.8 Å². The van der Waals surface area contributed by atoms with Crippen LogP contribution in [-0.2, 0) is 10.0 Å². The number of imidazole rings is 1. The van der Waals surface area contributed by atoms with Gasteiger partial charge in [-0.1, -0.05) is 0 Å². The van der Waals surface area contributed by atoms with Crippen molar-refractivity contribution in [1.82, 2.24) is 40.1 Å². The van der Waals surface area contributed by atoms with Gasteiger partial charge in [0.15, 0.2) is 0 Å². The van der Waals surface area contributed by atoms with E-state index < -0.39 is 15.8 Å². The fraction of sp³-hybridized carbons (Fsp3) is 0.130. The molecular weight excluding hydrogens is 501 g/mol. The normalized spacial score (nSPS) is 11.5. The monoisotopic (exact) mass is 521 g/mol. The fourth-order valence-corrected chi connectivity index (χ4v) is 4.56. The summed E-state index contributed by atoms with van der Waals surface area (Å²) in [4.78, 5) is 12.9. The van der Waals surface area contributed by atoms with Crippen molar-refractivity contribution in [3.05, 3.63) is 77.9 Å². The first-order valence-electron chi connectivity index (χ1n) is 10.9. The predicted octanol–water partition coefficient (Wildman–Crippen LogP) is 3.50. The quantitative estimate of drug-likeness (QED) is 0.327. The molecule has 3 heterocycles. The largest absolute Gasteiger partial charge is 0.439 e. The van der Waals surface area contributed by atoms with Gasteiger partial charge in [-0.3, -0.25) is 9.29 Å². The van der Waals surface area contributed by atoms with E-state index in [-0.39, 0.29) is 22.0 Å². The van der Waals surface area contributed by atoms with Crippen LogP contribution in [0, 0.1) is 26.6 Å². The van der Waals surface area contributed by atoms with Crippen LogP contribution in [0.1, 0.15) is 17.2 Å². The lowest BCUT2D eigenvalue weighted by molar-refractivity contribution is 0.459. The molecule has 12 nitrogen and oxygen atoms in total. The second kappa shape index (κ2) is 9.39. The Morgan fingerprint density at radius 3 is 2.49 bits per heavy atom. The lowest BCUT2D eigenvalue weighted by Crippen LogP contribution is -2.13. The van der Waals surface area contributed by atoms with E-state index in [1.807, 2.05) is 18.4 Å². The van der Waals surface area contributed by atoms with E-state index in [1.165, 1.54) is 12.1 Å². The smallest absolute Gasteiger partial charge is 0.261 e. The van der Waals surface area contributed by atoms with Gasteiger partial charge in [-0.2, -0.15) is 10.2 Å². The van der Waals surface area contributed by atoms with Crippen LogP contribution in [0.25, 0.3) is 17.2 Å². The summed E-state index contributed by atoms with van der Waals surface area (Å²) in [6, 6.07) is 11.3. The average molecular weight is 522 g/mol. The molecule has 0 radical (unpaired) electrons. The molecule has 2 N–H and O–H groups in total. The zero-order chi connectivity index (χ0) is 26.2. The first-order valence-corrected chi connectivity index (χ1v) is 12.4. The van der Waals surface area contributed by atoms with E-state index in [9.17, 15) is 12.8 Å². The molecule has 0 spiro atoms. The summed E-state index contributed by atoms with van der Waals surface area (Å²) < 4.78 is 50.1. The third-order valence-corrected chi connectivity index (χ3v) is 6.84. The zero-order valence-corrected chi connectivity index (χ0v) is 20.7. The lowest BCUT2D eigenvalue weighted by Gasteiger charge is -2.11. The van der Waals surface area contributed by atoms with Crippen molar-refractivity contribution in [2.24, 2.45) is 0 Å². The molecule has 0 fully saturated rings. The molecule has 0 amide bonds. The number of benzene rings is 2. The number of ether oxygens (including phenoxy) is 1. The van der Waals surface area contributed by atoms with Crippen molar-refractivity contribution < 1.29 is 17.5 Å². The number of aromatic nitrogens is 8. The molecule has 0 saturated heterocycles. The lowest BCUT2D eigenvalue weighted by atomic mass is 10.2. The van der Waals surface area contributed by atoms with E-state index in [1.54, 1.807) is 31.5 Å². The minimum Gasteiger partial charge on any atom is -0.439 e. The highest BCUT2D eigenvalue weighted by Crippen LogP contribution is 2.27. The van der Waals surface area contributed by atoms with Crippen LogP contribution in [-0.4, -0.2) is 48.6 Å². The van der Waals surface area contributed by atoms with Crippen LogP contribution >= 0.6 is 0 Å². The topological polar surface area (TPSA) is 153 Å². The molecule has 0 bridgehead atoms. The molecule has 0 unspecified atom stereocenters. The molecule has 2 aromatic carbocycles. The maximum Gasteiger partial charge on any atom is 0.261 e. The molecule has 0 aliphatic carbocycles. The molecule has 0 atom stereocenters. The molecule has 5 aromatic rings. The van der Waals surface area contributed by atoms with Crippen LogP contribution in [0.4, 0.5) is 10.1 Å². The van der Waals surface area contributed by atoms with Gasteiger partial charge < -0.3 is 4.74 Å². The number of H-pyrrole nitrogens is 1. The van der Waals surface area contributed by atoms with E-state index in [0.29, 0.717) is 23.3 Å². The number of aromatic amines is 1. The van der Waals surface area contributed by atoms with Gasteiger partial charge in [0.05, 0.1) is 16.2 Å². The Hall–Kier alpha value is -4.72. The number of hydrogen-bond acceptors (Lipinski definition) is 9. The predicted molar refractivity (Wildman–Crippen MR) is 130 cm³/mol. The molecule has 0 aliphatic heterocycles. The number of nitrogens with one attached hydrogen (secondary N) is 2. The standard InChI is InChI=1S/C23H20FN9O3S/c1-13-14(2)33(12-25-13)21-11-22(27-15(3)26-21)36-17-6-4-16(5-7-17)30-37(34,35)18-8-9-20(24)19(10-18)23-28-31-32-29-23/h4-12,30H,1-3H3,(H,28,29,31,32). The number of rotatable bonds is 7. The average Bonchev–Trinajstić information content (AvgIpc) is 3.50. The number of tetrazole rings is 1. The highest BCUT2D eigenvalue weighted by atomic mass is 32.2. The van der Waals surface area contributed by atoms with Crippen LogP contribution in [0.2, 0.25) is 0 Å². The molecule has 14 heteroatoms. The van der Waals surface area contributed by atoms with Crippen molar-refractivity contribution in [1.29, 1.82) is 0 Å². The highest BCUT2D eigenvalue weighted by Gasteiger charge is 2.19. The van der Waals surface area contributed by atoms with E-state index in [4.69, 9.17) is 4.74 Å². The minimum absolute atomic E-state index is 0.0579. The molecular formula is C23H20FN9O3S. The second-order valence-corrected chi connectivity index (χ2v) is 9.69. The molecule has 188 valence electrons. The fourth-order valence-electron chi connectivity index (χ4n) is 3.48. The minimum atomic E-state index is -4.03. The number of aryl methyl sites for hydroxylation is 2. The summed E-state index contributed by atoms with van der Waals surface area (Å²) in [6.45, 7) is 5.61. The Kier molecular flexibility index (Phi) is 6.09. The van der Waals surface area contributed by atoms with Gasteiger partial charge >= 0.3 is 0 Å². The van der Waals surface area contributed by atoms with E-state index in [0.717, 1.165) is 29.6 Å². The Morgan fingerprint density at radius 1 is 1.03 bits per heavy atom. The van der Waals surface area contributed by atoms with Gasteiger partial charge in [-0.05, 0) is 68.4 Å². The summed E-state index contributed by atoms with van der Waals surface area (Å²) in [5, 5.41) is 13.0. The Labute approximate surface area is 210 Å². The van der Waals surface area contributed by atoms with Gasteiger partial charge in [0, 0.05) is 17.4 Å². The number of hydrogen-bond donors (Lipinski definition) is 2. The highest BCUT2D eigenvalue weighted by molar-refractivity contribution is 7.92. The first kappa shape index (κ1) is 24.0. The van der Waals surface area contributed by atoms with Crippen molar-refractivity contribution in [2.45, 2.75) is 25.7 Å². The molecule has 0 saturated carbocycles. The summed E-state index contributed by atoms with van der Waals surface area (Å²) in [6.07, 6.45) is 1.68. The summed E-state index contributed by atoms with van der Waals surface area (Å²) in [7, 11) is -4.03. The second-order valence-electron chi connectivity index (χ2n) is 8.01. The van der Waals surface area contributed by atoms with E-state index in [2.05, 4.69) is 40.3 Å². The van der Waals surface area contributed by atoms with Crippen LogP contribution in [0.5, 0.6) is 11.6 Å². The van der Waals surface area contributed by atoms with Crippen LogP contribution in [0.3, 0.4) is 0 Å². The third kappa shape index (κ3) is 4.99. The van der Waals surface area contributed by atoms with Gasteiger partial charge in [0.2, 0.25) is 11.7 Å².